The number of anilines is 2. The predicted octanol–water partition coefficient (Wildman–Crippen LogP) is 3.95. The van der Waals surface area contributed by atoms with Crippen molar-refractivity contribution < 1.29 is 9.18 Å². The molecule has 0 atom stereocenters. The van der Waals surface area contributed by atoms with E-state index in [1.807, 2.05) is 26.0 Å². The van der Waals surface area contributed by atoms with Gasteiger partial charge < -0.3 is 10.6 Å². The van der Waals surface area contributed by atoms with Gasteiger partial charge in [0.25, 0.3) is 5.91 Å². The smallest absolute Gasteiger partial charge is 0.271 e. The second-order valence-electron chi connectivity index (χ2n) is 6.39. The molecule has 0 bridgehead atoms. The molecule has 6 heteroatoms. The van der Waals surface area contributed by atoms with Crippen molar-refractivity contribution in [2.24, 2.45) is 0 Å². The van der Waals surface area contributed by atoms with Crippen LogP contribution in [0.4, 0.5) is 15.9 Å². The second kappa shape index (κ2) is 8.40. The first-order chi connectivity index (χ1) is 13.0. The van der Waals surface area contributed by atoms with Crippen molar-refractivity contribution in [3.63, 3.8) is 0 Å². The number of rotatable bonds is 6. The number of carbonyl (C=O) groups excluding carboxylic acids is 1. The zero-order valence-corrected chi connectivity index (χ0v) is 15.3. The zero-order chi connectivity index (χ0) is 19.2. The highest BCUT2D eigenvalue weighted by Crippen LogP contribution is 2.17. The molecule has 1 aromatic heterocycles. The zero-order valence-electron chi connectivity index (χ0n) is 15.3. The van der Waals surface area contributed by atoms with Crippen molar-refractivity contribution >= 4 is 17.4 Å². The number of halogens is 1. The number of carbonyl (C=O) groups is 1. The number of nitrogens with zero attached hydrogens (tertiary/aromatic N) is 2. The molecule has 1 amide bonds. The van der Waals surface area contributed by atoms with Gasteiger partial charge in [0.2, 0.25) is 0 Å². The quantitative estimate of drug-likeness (QED) is 0.695. The summed E-state index contributed by atoms with van der Waals surface area (Å²) in [4.78, 5) is 20.5. The summed E-state index contributed by atoms with van der Waals surface area (Å²) in [6.07, 6.45) is 3.35. The fraction of sp³-hybridized carbons (Fsp3) is 0.190. The van der Waals surface area contributed by atoms with Crippen LogP contribution in [0, 0.1) is 19.7 Å². The summed E-state index contributed by atoms with van der Waals surface area (Å²) in [5.74, 6) is -0.0481. The molecular weight excluding hydrogens is 343 g/mol. The number of hydrogen-bond donors (Lipinski definition) is 2. The Bertz CT molecular complexity index is 921. The number of amides is 1. The Kier molecular flexibility index (Phi) is 5.76. The minimum absolute atomic E-state index is 0.217. The van der Waals surface area contributed by atoms with E-state index in [1.165, 1.54) is 18.5 Å². The lowest BCUT2D eigenvalue weighted by molar-refractivity contribution is 0.0948. The van der Waals surface area contributed by atoms with Crippen LogP contribution in [0.2, 0.25) is 0 Å². The Hall–Kier alpha value is -3.28. The molecule has 0 aliphatic heterocycles. The molecule has 1 heterocycles. The lowest BCUT2D eigenvalue weighted by Gasteiger charge is -2.09. The number of nitrogens with one attached hydrogen (secondary N) is 2. The van der Waals surface area contributed by atoms with E-state index in [1.54, 1.807) is 18.2 Å². The highest BCUT2D eigenvalue weighted by Gasteiger charge is 2.09. The molecule has 0 aliphatic carbocycles. The summed E-state index contributed by atoms with van der Waals surface area (Å²) in [7, 11) is 0. The Morgan fingerprint density at radius 2 is 1.78 bits per heavy atom. The van der Waals surface area contributed by atoms with Gasteiger partial charge in [-0.2, -0.15) is 0 Å². The Morgan fingerprint density at radius 3 is 2.44 bits per heavy atom. The average Bonchev–Trinajstić information content (AvgIpc) is 2.63. The fourth-order valence-corrected chi connectivity index (χ4v) is 2.81. The second-order valence-corrected chi connectivity index (χ2v) is 6.39. The van der Waals surface area contributed by atoms with Crippen LogP contribution in [0.1, 0.15) is 27.2 Å². The maximum atomic E-state index is 13.6. The largest absolute Gasteiger partial charge is 0.350 e. The van der Waals surface area contributed by atoms with Gasteiger partial charge >= 0.3 is 0 Å². The molecule has 0 saturated heterocycles. The molecular formula is C21H21FN4O. The molecule has 0 radical (unpaired) electrons. The van der Waals surface area contributed by atoms with E-state index in [4.69, 9.17) is 0 Å². The lowest BCUT2D eigenvalue weighted by atomic mass is 10.1. The van der Waals surface area contributed by atoms with Crippen LogP contribution in [0.5, 0.6) is 0 Å². The molecule has 0 unspecified atom stereocenters. The molecule has 0 spiro atoms. The molecule has 138 valence electrons. The van der Waals surface area contributed by atoms with Crippen molar-refractivity contribution in [1.29, 1.82) is 0 Å². The number of aryl methyl sites for hydroxylation is 2. The maximum absolute atomic E-state index is 13.6. The minimum Gasteiger partial charge on any atom is -0.350 e. The van der Waals surface area contributed by atoms with E-state index in [0.29, 0.717) is 24.3 Å². The summed E-state index contributed by atoms with van der Waals surface area (Å²) >= 11 is 0. The molecule has 2 N–H and O–H groups in total. The Balaban J connectivity index is 1.56. The summed E-state index contributed by atoms with van der Waals surface area (Å²) in [5.41, 5.74) is 4.00. The highest BCUT2D eigenvalue weighted by molar-refractivity contribution is 5.92. The van der Waals surface area contributed by atoms with Gasteiger partial charge in [0, 0.05) is 12.2 Å². The Morgan fingerprint density at radius 1 is 1.04 bits per heavy atom. The molecule has 0 fully saturated rings. The van der Waals surface area contributed by atoms with Crippen molar-refractivity contribution in [2.45, 2.75) is 20.3 Å². The number of hydrogen-bond acceptors (Lipinski definition) is 4. The molecule has 0 aliphatic rings. The van der Waals surface area contributed by atoms with Crippen molar-refractivity contribution in [2.75, 3.05) is 11.9 Å². The normalized spacial score (nSPS) is 10.5. The molecule has 2 aromatic carbocycles. The van der Waals surface area contributed by atoms with E-state index >= 15 is 0 Å². The summed E-state index contributed by atoms with van der Waals surface area (Å²) in [6.45, 7) is 4.38. The number of benzene rings is 2. The first-order valence-corrected chi connectivity index (χ1v) is 8.70. The molecule has 3 rings (SSSR count). The standard InChI is InChI=1S/C21H21FN4O/c1-14-9-15(2)11-17(10-14)26-20-13-24-19(12-25-20)21(27)23-8-7-16-5-3-4-6-18(16)22/h3-6,9-13H,7-8H2,1-2H3,(H,23,27)(H,25,26). The SMILES string of the molecule is Cc1cc(C)cc(Nc2cnc(C(=O)NCCc3ccccc3F)cn2)c1. The van der Waals surface area contributed by atoms with Gasteiger partial charge in [-0.05, 0) is 55.2 Å². The summed E-state index contributed by atoms with van der Waals surface area (Å²) < 4.78 is 13.6. The molecule has 0 saturated carbocycles. The van der Waals surface area contributed by atoms with E-state index in [2.05, 4.69) is 26.7 Å². The van der Waals surface area contributed by atoms with E-state index in [9.17, 15) is 9.18 Å². The van der Waals surface area contributed by atoms with Gasteiger partial charge in [-0.3, -0.25) is 4.79 Å². The molecule has 5 nitrogen and oxygen atoms in total. The third-order valence-electron chi connectivity index (χ3n) is 4.02. The van der Waals surface area contributed by atoms with Gasteiger partial charge in [-0.15, -0.1) is 0 Å². The van der Waals surface area contributed by atoms with Crippen LogP contribution >= 0.6 is 0 Å². The van der Waals surface area contributed by atoms with Crippen molar-refractivity contribution in [3.05, 3.63) is 83.1 Å². The van der Waals surface area contributed by atoms with E-state index in [0.717, 1.165) is 16.8 Å². The van der Waals surface area contributed by atoms with Crippen LogP contribution in [0.3, 0.4) is 0 Å². The lowest BCUT2D eigenvalue weighted by Crippen LogP contribution is -2.26. The van der Waals surface area contributed by atoms with Crippen molar-refractivity contribution in [1.82, 2.24) is 15.3 Å². The highest BCUT2D eigenvalue weighted by atomic mass is 19.1. The van der Waals surface area contributed by atoms with Gasteiger partial charge in [0.05, 0.1) is 12.4 Å². The average molecular weight is 364 g/mol. The first-order valence-electron chi connectivity index (χ1n) is 8.70. The topological polar surface area (TPSA) is 66.9 Å². The first kappa shape index (κ1) is 18.5. The monoisotopic (exact) mass is 364 g/mol. The summed E-state index contributed by atoms with van der Waals surface area (Å²) in [5, 5.41) is 5.91. The molecule has 27 heavy (non-hydrogen) atoms. The van der Waals surface area contributed by atoms with Crippen LogP contribution in [-0.2, 0) is 6.42 Å². The van der Waals surface area contributed by atoms with Gasteiger partial charge in [0.15, 0.2) is 0 Å². The van der Waals surface area contributed by atoms with Crippen LogP contribution in [0.25, 0.3) is 0 Å². The fourth-order valence-electron chi connectivity index (χ4n) is 2.81. The summed E-state index contributed by atoms with van der Waals surface area (Å²) in [6, 6.07) is 12.6. The van der Waals surface area contributed by atoms with Gasteiger partial charge in [0.1, 0.15) is 17.3 Å². The molecule has 3 aromatic rings. The van der Waals surface area contributed by atoms with Crippen LogP contribution in [-0.4, -0.2) is 22.4 Å². The Labute approximate surface area is 157 Å². The minimum atomic E-state index is -0.336. The van der Waals surface area contributed by atoms with E-state index in [-0.39, 0.29) is 17.4 Å². The van der Waals surface area contributed by atoms with E-state index < -0.39 is 0 Å². The van der Waals surface area contributed by atoms with Gasteiger partial charge in [-0.1, -0.05) is 24.3 Å². The number of aromatic nitrogens is 2. The van der Waals surface area contributed by atoms with Crippen LogP contribution in [0.15, 0.2) is 54.9 Å². The van der Waals surface area contributed by atoms with Gasteiger partial charge in [-0.25, -0.2) is 14.4 Å². The van der Waals surface area contributed by atoms with Crippen LogP contribution < -0.4 is 10.6 Å². The maximum Gasteiger partial charge on any atom is 0.271 e. The third-order valence-corrected chi connectivity index (χ3v) is 4.02. The predicted molar refractivity (Wildman–Crippen MR) is 104 cm³/mol. The third kappa shape index (κ3) is 5.10. The van der Waals surface area contributed by atoms with Crippen molar-refractivity contribution in [3.8, 4) is 0 Å².